The van der Waals surface area contributed by atoms with Crippen molar-refractivity contribution in [2.24, 2.45) is 0 Å². The highest BCUT2D eigenvalue weighted by Crippen LogP contribution is 2.36. The summed E-state index contributed by atoms with van der Waals surface area (Å²) in [5, 5.41) is 0. The molecule has 1 aliphatic heterocycles. The number of hydrogen-bond acceptors (Lipinski definition) is 4. The van der Waals surface area contributed by atoms with Gasteiger partial charge in [-0.1, -0.05) is 0 Å². The van der Waals surface area contributed by atoms with Crippen LogP contribution in [0.3, 0.4) is 0 Å². The molecule has 1 aromatic rings. The number of rotatable bonds is 3. The van der Waals surface area contributed by atoms with E-state index < -0.39 is 5.79 Å². The maximum Gasteiger partial charge on any atom is 0.169 e. The lowest BCUT2D eigenvalue weighted by Crippen LogP contribution is -2.37. The van der Waals surface area contributed by atoms with Crippen LogP contribution in [0.4, 0.5) is 0 Å². The molecular weight excluding hydrogens is 220 g/mol. The molecule has 0 bridgehead atoms. The third-order valence-corrected chi connectivity index (χ3v) is 3.20. The fourth-order valence-corrected chi connectivity index (χ4v) is 2.05. The van der Waals surface area contributed by atoms with E-state index in [0.717, 1.165) is 22.6 Å². The molecule has 1 unspecified atom stereocenters. The van der Waals surface area contributed by atoms with Crippen LogP contribution in [0.25, 0.3) is 0 Å². The lowest BCUT2D eigenvalue weighted by atomic mass is 9.96. The first kappa shape index (κ1) is 12.2. The summed E-state index contributed by atoms with van der Waals surface area (Å²) in [7, 11) is 4.96. The van der Waals surface area contributed by atoms with Gasteiger partial charge in [0.1, 0.15) is 11.5 Å². The van der Waals surface area contributed by atoms with Crippen molar-refractivity contribution in [2.75, 3.05) is 21.3 Å². The molecule has 2 rings (SSSR count). The number of methoxy groups -OCH3 is 3. The summed E-state index contributed by atoms with van der Waals surface area (Å²) in [6, 6.07) is 3.88. The summed E-state index contributed by atoms with van der Waals surface area (Å²) in [4.78, 5) is 0. The van der Waals surface area contributed by atoms with Gasteiger partial charge >= 0.3 is 0 Å². The van der Waals surface area contributed by atoms with Crippen LogP contribution in [0.1, 0.15) is 18.1 Å². The van der Waals surface area contributed by atoms with Gasteiger partial charge in [-0.2, -0.15) is 0 Å². The Labute approximate surface area is 101 Å². The molecule has 1 heterocycles. The molecule has 0 saturated heterocycles. The molecule has 17 heavy (non-hydrogen) atoms. The van der Waals surface area contributed by atoms with Gasteiger partial charge in [-0.3, -0.25) is 0 Å². The van der Waals surface area contributed by atoms with Gasteiger partial charge in [0.15, 0.2) is 5.79 Å². The molecule has 0 saturated carbocycles. The van der Waals surface area contributed by atoms with Crippen molar-refractivity contribution in [1.29, 1.82) is 0 Å². The van der Waals surface area contributed by atoms with E-state index in [1.807, 2.05) is 19.1 Å². The Balaban J connectivity index is 2.42. The van der Waals surface area contributed by atoms with Crippen LogP contribution in [0, 0.1) is 0 Å². The van der Waals surface area contributed by atoms with E-state index in [0.29, 0.717) is 13.0 Å². The van der Waals surface area contributed by atoms with E-state index >= 15 is 0 Å². The highest BCUT2D eigenvalue weighted by molar-refractivity contribution is 5.47. The molecule has 0 N–H and O–H groups in total. The average Bonchev–Trinajstić information content (AvgIpc) is 2.36. The topological polar surface area (TPSA) is 36.9 Å². The maximum atomic E-state index is 5.71. The minimum absolute atomic E-state index is 0.493. The molecule has 0 amide bonds. The summed E-state index contributed by atoms with van der Waals surface area (Å²) in [5.74, 6) is 1.03. The van der Waals surface area contributed by atoms with Gasteiger partial charge < -0.3 is 18.9 Å². The minimum Gasteiger partial charge on any atom is -0.497 e. The van der Waals surface area contributed by atoms with Gasteiger partial charge in [-0.15, -0.1) is 0 Å². The number of fused-ring (bicyclic) bond motifs is 1. The molecule has 0 spiro atoms. The zero-order valence-electron chi connectivity index (χ0n) is 10.7. The molecule has 0 aromatic heterocycles. The van der Waals surface area contributed by atoms with Crippen LogP contribution in [0.5, 0.6) is 11.5 Å². The number of benzene rings is 1. The quantitative estimate of drug-likeness (QED) is 0.808. The molecule has 0 aliphatic carbocycles. The smallest absolute Gasteiger partial charge is 0.169 e. The van der Waals surface area contributed by atoms with Gasteiger partial charge in [0.25, 0.3) is 0 Å². The fourth-order valence-electron chi connectivity index (χ4n) is 2.05. The van der Waals surface area contributed by atoms with Crippen molar-refractivity contribution in [2.45, 2.75) is 25.7 Å². The molecule has 4 heteroatoms. The van der Waals surface area contributed by atoms with Crippen LogP contribution in [0.2, 0.25) is 0 Å². The monoisotopic (exact) mass is 238 g/mol. The predicted molar refractivity (Wildman–Crippen MR) is 63.5 cm³/mol. The highest BCUT2D eigenvalue weighted by Gasteiger charge is 2.32. The van der Waals surface area contributed by atoms with Gasteiger partial charge in [0.2, 0.25) is 0 Å². The number of hydrogen-bond donors (Lipinski definition) is 0. The van der Waals surface area contributed by atoms with E-state index in [1.165, 1.54) is 0 Å². The van der Waals surface area contributed by atoms with E-state index in [4.69, 9.17) is 18.9 Å². The van der Waals surface area contributed by atoms with Crippen LogP contribution in [-0.4, -0.2) is 27.1 Å². The fraction of sp³-hybridized carbons (Fsp3) is 0.538. The summed E-state index contributed by atoms with van der Waals surface area (Å²) in [6.45, 7) is 2.43. The zero-order chi connectivity index (χ0) is 12.5. The van der Waals surface area contributed by atoms with Gasteiger partial charge in [-0.05, 0) is 18.6 Å². The summed E-state index contributed by atoms with van der Waals surface area (Å²) >= 11 is 0. The van der Waals surface area contributed by atoms with Crippen molar-refractivity contribution in [3.05, 3.63) is 23.3 Å². The Morgan fingerprint density at radius 2 is 1.94 bits per heavy atom. The van der Waals surface area contributed by atoms with Crippen molar-refractivity contribution in [1.82, 2.24) is 0 Å². The summed E-state index contributed by atoms with van der Waals surface area (Å²) in [6.07, 6.45) is 0.687. The Morgan fingerprint density at radius 3 is 2.53 bits per heavy atom. The molecule has 1 aliphatic rings. The zero-order valence-corrected chi connectivity index (χ0v) is 10.7. The standard InChI is InChI=1S/C13H18O4/c1-13(16-4)7-9-5-10(14-2)6-12(15-3)11(9)8-17-13/h5-6H,7-8H2,1-4H3. The van der Waals surface area contributed by atoms with Gasteiger partial charge in [0, 0.05) is 25.2 Å². The van der Waals surface area contributed by atoms with E-state index in [1.54, 1.807) is 21.3 Å². The van der Waals surface area contributed by atoms with Crippen LogP contribution >= 0.6 is 0 Å². The maximum absolute atomic E-state index is 5.71. The van der Waals surface area contributed by atoms with E-state index in [2.05, 4.69) is 0 Å². The molecule has 0 fully saturated rings. The lowest BCUT2D eigenvalue weighted by molar-refractivity contribution is -0.223. The first-order valence-electron chi connectivity index (χ1n) is 5.55. The molecule has 1 atom stereocenters. The van der Waals surface area contributed by atoms with Crippen molar-refractivity contribution in [3.8, 4) is 11.5 Å². The van der Waals surface area contributed by atoms with Crippen LogP contribution < -0.4 is 9.47 Å². The average molecular weight is 238 g/mol. The Bertz CT molecular complexity index is 416. The van der Waals surface area contributed by atoms with Crippen LogP contribution in [-0.2, 0) is 22.5 Å². The Kier molecular flexibility index (Phi) is 3.26. The van der Waals surface area contributed by atoms with E-state index in [-0.39, 0.29) is 0 Å². The normalized spacial score (nSPS) is 23.1. The SMILES string of the molecule is COc1cc2c(c(OC)c1)COC(C)(OC)C2. The summed E-state index contributed by atoms with van der Waals surface area (Å²) < 4.78 is 21.7. The lowest BCUT2D eigenvalue weighted by Gasteiger charge is -2.34. The van der Waals surface area contributed by atoms with Gasteiger partial charge in [-0.25, -0.2) is 0 Å². The molecule has 1 aromatic carbocycles. The largest absolute Gasteiger partial charge is 0.497 e. The number of ether oxygens (including phenoxy) is 4. The molecular formula is C13H18O4. The second-order valence-corrected chi connectivity index (χ2v) is 4.27. The molecule has 0 radical (unpaired) electrons. The van der Waals surface area contributed by atoms with Crippen molar-refractivity contribution >= 4 is 0 Å². The Morgan fingerprint density at radius 1 is 1.18 bits per heavy atom. The summed E-state index contributed by atoms with van der Waals surface area (Å²) in [5.41, 5.74) is 2.22. The van der Waals surface area contributed by atoms with Gasteiger partial charge in [0.05, 0.1) is 20.8 Å². The first-order chi connectivity index (χ1) is 8.11. The predicted octanol–water partition coefficient (Wildman–Crippen LogP) is 2.14. The molecule has 4 nitrogen and oxygen atoms in total. The second kappa shape index (κ2) is 4.55. The van der Waals surface area contributed by atoms with E-state index in [9.17, 15) is 0 Å². The minimum atomic E-state index is -0.565. The Hall–Kier alpha value is -1.26. The van der Waals surface area contributed by atoms with Crippen molar-refractivity contribution < 1.29 is 18.9 Å². The second-order valence-electron chi connectivity index (χ2n) is 4.27. The third kappa shape index (κ3) is 2.23. The highest BCUT2D eigenvalue weighted by atomic mass is 16.7. The molecule has 94 valence electrons. The third-order valence-electron chi connectivity index (χ3n) is 3.20. The van der Waals surface area contributed by atoms with Crippen molar-refractivity contribution in [3.63, 3.8) is 0 Å². The van der Waals surface area contributed by atoms with Crippen LogP contribution in [0.15, 0.2) is 12.1 Å². The first-order valence-corrected chi connectivity index (χ1v) is 5.55.